The van der Waals surface area contributed by atoms with Gasteiger partial charge in [0.2, 0.25) is 0 Å². The Kier molecular flexibility index (Phi) is 3.36. The van der Waals surface area contributed by atoms with Crippen LogP contribution in [-0.2, 0) is 6.42 Å². The number of benzene rings is 1. The lowest BCUT2D eigenvalue weighted by Crippen LogP contribution is -2.33. The minimum Gasteiger partial charge on any atom is -0.388 e. The predicted molar refractivity (Wildman–Crippen MR) is 65.3 cm³/mol. The molecule has 0 bridgehead atoms. The molecule has 15 heavy (non-hydrogen) atoms. The lowest BCUT2D eigenvalue weighted by atomic mass is 9.94. The van der Waals surface area contributed by atoms with Crippen LogP contribution < -0.4 is 5.32 Å². The van der Waals surface area contributed by atoms with Gasteiger partial charge in [-0.3, -0.25) is 0 Å². The van der Waals surface area contributed by atoms with Gasteiger partial charge in [-0.2, -0.15) is 0 Å². The van der Waals surface area contributed by atoms with E-state index in [1.807, 2.05) is 18.2 Å². The number of nitrogens with one attached hydrogen (secondary N) is 1. The van der Waals surface area contributed by atoms with Crippen molar-refractivity contribution >= 4 is 27.5 Å². The van der Waals surface area contributed by atoms with Crippen LogP contribution in [0.25, 0.3) is 0 Å². The quantitative estimate of drug-likeness (QED) is 0.876. The maximum Gasteiger partial charge on any atom is 0.0824 e. The molecule has 0 amide bonds. The third-order valence-corrected chi connectivity index (χ3v) is 3.60. The second-order valence-corrected chi connectivity index (χ2v) is 5.39. The summed E-state index contributed by atoms with van der Waals surface area (Å²) in [6, 6.07) is 5.78. The Hall–Kier alpha value is -0.0900. The maximum absolute atomic E-state index is 10.2. The largest absolute Gasteiger partial charge is 0.388 e. The molecular weight excluding hydrogens is 277 g/mol. The molecule has 1 saturated heterocycles. The molecule has 1 atom stereocenters. The summed E-state index contributed by atoms with van der Waals surface area (Å²) < 4.78 is 0.966. The van der Waals surface area contributed by atoms with Crippen molar-refractivity contribution in [3.8, 4) is 0 Å². The van der Waals surface area contributed by atoms with E-state index in [9.17, 15) is 5.11 Å². The van der Waals surface area contributed by atoms with E-state index >= 15 is 0 Å². The van der Waals surface area contributed by atoms with Gasteiger partial charge < -0.3 is 10.4 Å². The van der Waals surface area contributed by atoms with Crippen molar-refractivity contribution in [3.05, 3.63) is 33.3 Å². The van der Waals surface area contributed by atoms with Crippen molar-refractivity contribution in [1.82, 2.24) is 5.32 Å². The number of hydrogen-bond donors (Lipinski definition) is 2. The molecule has 2 rings (SSSR count). The van der Waals surface area contributed by atoms with E-state index in [1.165, 1.54) is 0 Å². The molecule has 1 aromatic carbocycles. The van der Waals surface area contributed by atoms with Crippen LogP contribution in [0, 0.1) is 0 Å². The standard InChI is InChI=1S/C11H13BrClNO/c12-9-2-1-8(10(13)5-9)6-11(15)3-4-14-7-11/h1-2,5,14-15H,3-4,6-7H2. The fraction of sp³-hybridized carbons (Fsp3) is 0.455. The zero-order valence-electron chi connectivity index (χ0n) is 8.26. The second kappa shape index (κ2) is 4.42. The normalized spacial score (nSPS) is 25.8. The third-order valence-electron chi connectivity index (χ3n) is 2.76. The summed E-state index contributed by atoms with van der Waals surface area (Å²) in [7, 11) is 0. The van der Waals surface area contributed by atoms with E-state index in [1.54, 1.807) is 0 Å². The Morgan fingerprint density at radius 2 is 2.33 bits per heavy atom. The highest BCUT2D eigenvalue weighted by Gasteiger charge is 2.31. The fourth-order valence-corrected chi connectivity index (χ4v) is 2.64. The van der Waals surface area contributed by atoms with Crippen LogP contribution in [0.3, 0.4) is 0 Å². The molecule has 0 spiro atoms. The summed E-state index contributed by atoms with van der Waals surface area (Å²) in [5.74, 6) is 0. The summed E-state index contributed by atoms with van der Waals surface area (Å²) in [5.41, 5.74) is 0.378. The molecule has 82 valence electrons. The van der Waals surface area contributed by atoms with Crippen LogP contribution >= 0.6 is 27.5 Å². The zero-order valence-corrected chi connectivity index (χ0v) is 10.6. The Morgan fingerprint density at radius 1 is 1.53 bits per heavy atom. The molecule has 0 radical (unpaired) electrons. The van der Waals surface area contributed by atoms with Crippen LogP contribution in [0.15, 0.2) is 22.7 Å². The molecular formula is C11H13BrClNO. The van der Waals surface area contributed by atoms with Gasteiger partial charge in [0.1, 0.15) is 0 Å². The van der Waals surface area contributed by atoms with Gasteiger partial charge in [0.25, 0.3) is 0 Å². The average Bonchev–Trinajstić information content (AvgIpc) is 2.58. The maximum atomic E-state index is 10.2. The molecule has 1 unspecified atom stereocenters. The highest BCUT2D eigenvalue weighted by Crippen LogP contribution is 2.27. The molecule has 1 aliphatic rings. The number of hydrogen-bond acceptors (Lipinski definition) is 2. The highest BCUT2D eigenvalue weighted by atomic mass is 79.9. The number of aliphatic hydroxyl groups is 1. The van der Waals surface area contributed by atoms with Crippen molar-refractivity contribution in [2.75, 3.05) is 13.1 Å². The van der Waals surface area contributed by atoms with E-state index in [2.05, 4.69) is 21.2 Å². The zero-order chi connectivity index (χ0) is 10.9. The number of β-amino-alcohol motifs (C(OH)–C–C–N with tert-alkyl or cyclic N) is 1. The van der Waals surface area contributed by atoms with E-state index in [0.29, 0.717) is 18.0 Å². The first-order valence-electron chi connectivity index (χ1n) is 4.96. The Bertz CT molecular complexity index is 364. The van der Waals surface area contributed by atoms with Crippen molar-refractivity contribution in [3.63, 3.8) is 0 Å². The van der Waals surface area contributed by atoms with Gasteiger partial charge in [0.05, 0.1) is 5.60 Å². The van der Waals surface area contributed by atoms with Gasteiger partial charge in [0, 0.05) is 22.5 Å². The Labute approximate surface area is 103 Å². The minimum atomic E-state index is -0.628. The average molecular weight is 291 g/mol. The van der Waals surface area contributed by atoms with Crippen molar-refractivity contribution < 1.29 is 5.11 Å². The topological polar surface area (TPSA) is 32.3 Å². The van der Waals surface area contributed by atoms with E-state index in [4.69, 9.17) is 11.6 Å². The van der Waals surface area contributed by atoms with Gasteiger partial charge in [-0.15, -0.1) is 0 Å². The summed E-state index contributed by atoms with van der Waals surface area (Å²) in [5, 5.41) is 14.1. The lowest BCUT2D eigenvalue weighted by Gasteiger charge is -2.21. The Morgan fingerprint density at radius 3 is 2.93 bits per heavy atom. The monoisotopic (exact) mass is 289 g/mol. The first kappa shape index (κ1) is 11.4. The first-order chi connectivity index (χ1) is 7.09. The smallest absolute Gasteiger partial charge is 0.0824 e. The molecule has 1 fully saturated rings. The van der Waals surface area contributed by atoms with Crippen LogP contribution in [-0.4, -0.2) is 23.8 Å². The molecule has 2 nitrogen and oxygen atoms in total. The fourth-order valence-electron chi connectivity index (χ4n) is 1.90. The number of halogens is 2. The molecule has 1 aliphatic heterocycles. The predicted octanol–water partition coefficient (Wildman–Crippen LogP) is 2.37. The van der Waals surface area contributed by atoms with Gasteiger partial charge in [-0.05, 0) is 30.7 Å². The lowest BCUT2D eigenvalue weighted by molar-refractivity contribution is 0.0619. The molecule has 1 heterocycles. The van der Waals surface area contributed by atoms with Gasteiger partial charge >= 0.3 is 0 Å². The number of rotatable bonds is 2. The van der Waals surface area contributed by atoms with Gasteiger partial charge in [-0.25, -0.2) is 0 Å². The van der Waals surface area contributed by atoms with Crippen LogP contribution in [0.4, 0.5) is 0 Å². The molecule has 0 saturated carbocycles. The van der Waals surface area contributed by atoms with Crippen molar-refractivity contribution in [2.45, 2.75) is 18.4 Å². The highest BCUT2D eigenvalue weighted by molar-refractivity contribution is 9.10. The van der Waals surface area contributed by atoms with Crippen molar-refractivity contribution in [2.24, 2.45) is 0 Å². The van der Waals surface area contributed by atoms with Crippen LogP contribution in [0.1, 0.15) is 12.0 Å². The van der Waals surface area contributed by atoms with Gasteiger partial charge in [-0.1, -0.05) is 33.6 Å². The summed E-state index contributed by atoms with van der Waals surface area (Å²) in [6.45, 7) is 1.53. The molecule has 0 aromatic heterocycles. The van der Waals surface area contributed by atoms with Crippen LogP contribution in [0.5, 0.6) is 0 Å². The van der Waals surface area contributed by atoms with Crippen LogP contribution in [0.2, 0.25) is 5.02 Å². The summed E-state index contributed by atoms with van der Waals surface area (Å²) in [6.07, 6.45) is 1.41. The Balaban J connectivity index is 2.16. The second-order valence-electron chi connectivity index (χ2n) is 4.06. The van der Waals surface area contributed by atoms with Gasteiger partial charge in [0.15, 0.2) is 0 Å². The minimum absolute atomic E-state index is 0.617. The molecule has 1 aromatic rings. The summed E-state index contributed by atoms with van der Waals surface area (Å²) in [4.78, 5) is 0. The van der Waals surface area contributed by atoms with Crippen molar-refractivity contribution in [1.29, 1.82) is 0 Å². The molecule has 0 aliphatic carbocycles. The van der Waals surface area contributed by atoms with E-state index < -0.39 is 5.60 Å². The van der Waals surface area contributed by atoms with E-state index in [0.717, 1.165) is 23.0 Å². The first-order valence-corrected chi connectivity index (χ1v) is 6.13. The molecule has 2 N–H and O–H groups in total. The molecule has 4 heteroatoms. The third kappa shape index (κ3) is 2.72. The van der Waals surface area contributed by atoms with E-state index in [-0.39, 0.29) is 0 Å². The SMILES string of the molecule is OC1(Cc2ccc(Br)cc2Cl)CCNC1. The summed E-state index contributed by atoms with van der Waals surface area (Å²) >= 11 is 9.47.